The van der Waals surface area contributed by atoms with E-state index in [0.717, 1.165) is 10.9 Å². The van der Waals surface area contributed by atoms with Gasteiger partial charge in [-0.25, -0.2) is 4.98 Å². The van der Waals surface area contributed by atoms with Crippen LogP contribution >= 0.6 is 15.9 Å². The molecule has 1 aromatic rings. The third-order valence-corrected chi connectivity index (χ3v) is 2.14. The Kier molecular flexibility index (Phi) is 2.88. The number of hydrogen-bond acceptors (Lipinski definition) is 2. The molecule has 0 fully saturated rings. The molecule has 0 atom stereocenters. The third kappa shape index (κ3) is 1.71. The summed E-state index contributed by atoms with van der Waals surface area (Å²) in [6.45, 7) is 2.04. The van der Waals surface area contributed by atoms with Crippen molar-refractivity contribution in [3.05, 3.63) is 23.4 Å². The van der Waals surface area contributed by atoms with E-state index in [0.29, 0.717) is 5.88 Å². The maximum atomic E-state index is 5.08. The second kappa shape index (κ2) is 3.72. The summed E-state index contributed by atoms with van der Waals surface area (Å²) in [7, 11) is 1.63. The highest BCUT2D eigenvalue weighted by Crippen LogP contribution is 2.20. The maximum Gasteiger partial charge on any atom is 0.217 e. The molecule has 0 saturated carbocycles. The second-order valence-electron chi connectivity index (χ2n) is 2.25. The van der Waals surface area contributed by atoms with E-state index in [1.165, 1.54) is 5.56 Å². The molecule has 0 saturated heterocycles. The molecule has 0 spiro atoms. The van der Waals surface area contributed by atoms with Crippen LogP contribution in [0, 0.1) is 6.92 Å². The van der Waals surface area contributed by atoms with Crippen LogP contribution in [0.2, 0.25) is 0 Å². The van der Waals surface area contributed by atoms with Gasteiger partial charge < -0.3 is 4.74 Å². The Hall–Kier alpha value is -0.570. The monoisotopic (exact) mass is 215 g/mol. The number of nitrogens with zero attached hydrogens (tertiary/aromatic N) is 1. The number of halogens is 1. The highest BCUT2D eigenvalue weighted by atomic mass is 79.9. The number of methoxy groups -OCH3 is 1. The molecule has 0 aromatic carbocycles. The Balaban J connectivity index is 3.13. The molecule has 1 rings (SSSR count). The Morgan fingerprint density at radius 1 is 1.64 bits per heavy atom. The molecule has 0 aliphatic carbocycles. The molecule has 3 heteroatoms. The number of alkyl halides is 1. The first-order valence-corrected chi connectivity index (χ1v) is 4.46. The zero-order chi connectivity index (χ0) is 8.27. The van der Waals surface area contributed by atoms with E-state index in [-0.39, 0.29) is 0 Å². The lowest BCUT2D eigenvalue weighted by atomic mass is 10.2. The Bertz CT molecular complexity index is 250. The minimum Gasteiger partial charge on any atom is -0.481 e. The molecule has 0 N–H and O–H groups in total. The van der Waals surface area contributed by atoms with Gasteiger partial charge in [0.15, 0.2) is 0 Å². The zero-order valence-corrected chi connectivity index (χ0v) is 8.18. The van der Waals surface area contributed by atoms with Crippen LogP contribution in [0.1, 0.15) is 11.1 Å². The van der Waals surface area contributed by atoms with E-state index in [2.05, 4.69) is 20.9 Å². The molecule has 0 radical (unpaired) electrons. The molecule has 0 bridgehead atoms. The van der Waals surface area contributed by atoms with Crippen LogP contribution in [0.25, 0.3) is 0 Å². The summed E-state index contributed by atoms with van der Waals surface area (Å²) >= 11 is 3.38. The molecule has 2 nitrogen and oxygen atoms in total. The van der Waals surface area contributed by atoms with Crippen molar-refractivity contribution in [2.24, 2.45) is 0 Å². The van der Waals surface area contributed by atoms with Gasteiger partial charge in [0, 0.05) is 17.1 Å². The molecule has 0 aliphatic heterocycles. The van der Waals surface area contributed by atoms with Gasteiger partial charge in [-0.15, -0.1) is 0 Å². The second-order valence-corrected chi connectivity index (χ2v) is 2.81. The summed E-state index contributed by atoms with van der Waals surface area (Å²) in [6.07, 6.45) is 1.75. The van der Waals surface area contributed by atoms with Crippen LogP contribution in [0.5, 0.6) is 5.88 Å². The first-order valence-electron chi connectivity index (χ1n) is 3.34. The van der Waals surface area contributed by atoms with Crippen LogP contribution in [-0.4, -0.2) is 12.1 Å². The van der Waals surface area contributed by atoms with Crippen molar-refractivity contribution in [1.82, 2.24) is 4.98 Å². The van der Waals surface area contributed by atoms with Gasteiger partial charge in [0.1, 0.15) is 0 Å². The predicted octanol–water partition coefficient (Wildman–Crippen LogP) is 2.29. The molecular formula is C8H10BrNO. The van der Waals surface area contributed by atoms with Gasteiger partial charge in [0.2, 0.25) is 5.88 Å². The summed E-state index contributed by atoms with van der Waals surface area (Å²) in [5.41, 5.74) is 2.32. The molecule has 1 aromatic heterocycles. The highest BCUT2D eigenvalue weighted by molar-refractivity contribution is 9.08. The van der Waals surface area contributed by atoms with Crippen LogP contribution in [0.4, 0.5) is 0 Å². The normalized spacial score (nSPS) is 9.73. The number of pyridine rings is 1. The fraction of sp³-hybridized carbons (Fsp3) is 0.375. The van der Waals surface area contributed by atoms with Crippen molar-refractivity contribution in [2.75, 3.05) is 7.11 Å². The van der Waals surface area contributed by atoms with Crippen molar-refractivity contribution in [3.8, 4) is 5.88 Å². The molecular weight excluding hydrogens is 206 g/mol. The lowest BCUT2D eigenvalue weighted by Gasteiger charge is -2.06. The minimum atomic E-state index is 0.710. The number of ether oxygens (including phenoxy) is 1. The molecule has 0 unspecified atom stereocenters. The number of hydrogen-bond donors (Lipinski definition) is 0. The third-order valence-electron chi connectivity index (χ3n) is 1.58. The Morgan fingerprint density at radius 2 is 2.36 bits per heavy atom. The van der Waals surface area contributed by atoms with E-state index in [1.807, 2.05) is 13.0 Å². The van der Waals surface area contributed by atoms with E-state index >= 15 is 0 Å². The smallest absolute Gasteiger partial charge is 0.217 e. The average molecular weight is 216 g/mol. The summed E-state index contributed by atoms with van der Waals surface area (Å²) in [5.74, 6) is 0.710. The first kappa shape index (κ1) is 8.53. The predicted molar refractivity (Wildman–Crippen MR) is 48.2 cm³/mol. The summed E-state index contributed by atoms with van der Waals surface area (Å²) < 4.78 is 5.08. The van der Waals surface area contributed by atoms with E-state index in [1.54, 1.807) is 13.3 Å². The minimum absolute atomic E-state index is 0.710. The van der Waals surface area contributed by atoms with Crippen LogP contribution in [-0.2, 0) is 5.33 Å². The maximum absolute atomic E-state index is 5.08. The van der Waals surface area contributed by atoms with Crippen LogP contribution in [0.3, 0.4) is 0 Å². The Morgan fingerprint density at radius 3 is 2.82 bits per heavy atom. The standard InChI is InChI=1S/C8H10BrNO/c1-6-3-4-10-8(11-2)7(6)5-9/h3-4H,5H2,1-2H3. The van der Waals surface area contributed by atoms with Crippen LogP contribution in [0.15, 0.2) is 12.3 Å². The van der Waals surface area contributed by atoms with Gasteiger partial charge in [-0.2, -0.15) is 0 Å². The van der Waals surface area contributed by atoms with Gasteiger partial charge in [0.05, 0.1) is 7.11 Å². The van der Waals surface area contributed by atoms with Gasteiger partial charge >= 0.3 is 0 Å². The van der Waals surface area contributed by atoms with Gasteiger partial charge in [0.25, 0.3) is 0 Å². The number of aromatic nitrogens is 1. The van der Waals surface area contributed by atoms with Gasteiger partial charge in [-0.1, -0.05) is 15.9 Å². The lowest BCUT2D eigenvalue weighted by molar-refractivity contribution is 0.394. The van der Waals surface area contributed by atoms with Crippen molar-refractivity contribution >= 4 is 15.9 Å². The fourth-order valence-electron chi connectivity index (χ4n) is 0.902. The quantitative estimate of drug-likeness (QED) is 0.707. The molecule has 60 valence electrons. The van der Waals surface area contributed by atoms with Crippen molar-refractivity contribution < 1.29 is 4.74 Å². The molecule has 1 heterocycles. The SMILES string of the molecule is COc1nccc(C)c1CBr. The largest absolute Gasteiger partial charge is 0.481 e. The zero-order valence-electron chi connectivity index (χ0n) is 6.60. The fourth-order valence-corrected chi connectivity index (χ4v) is 1.58. The number of rotatable bonds is 2. The summed E-state index contributed by atoms with van der Waals surface area (Å²) in [4.78, 5) is 4.08. The van der Waals surface area contributed by atoms with E-state index in [4.69, 9.17) is 4.74 Å². The van der Waals surface area contributed by atoms with Gasteiger partial charge in [-0.05, 0) is 18.6 Å². The molecule has 0 aliphatic rings. The van der Waals surface area contributed by atoms with Crippen molar-refractivity contribution in [2.45, 2.75) is 12.3 Å². The molecule has 0 amide bonds. The first-order chi connectivity index (χ1) is 5.29. The number of aryl methyl sites for hydroxylation is 1. The van der Waals surface area contributed by atoms with Crippen molar-refractivity contribution in [3.63, 3.8) is 0 Å². The molecule has 11 heavy (non-hydrogen) atoms. The topological polar surface area (TPSA) is 22.1 Å². The lowest BCUT2D eigenvalue weighted by Crippen LogP contribution is -1.94. The summed E-state index contributed by atoms with van der Waals surface area (Å²) in [6, 6.07) is 1.97. The van der Waals surface area contributed by atoms with E-state index < -0.39 is 0 Å². The highest BCUT2D eigenvalue weighted by Gasteiger charge is 2.04. The van der Waals surface area contributed by atoms with Crippen LogP contribution < -0.4 is 4.74 Å². The summed E-state index contributed by atoms with van der Waals surface area (Å²) in [5, 5.41) is 0.788. The Labute approximate surface area is 74.7 Å². The van der Waals surface area contributed by atoms with Gasteiger partial charge in [-0.3, -0.25) is 0 Å². The van der Waals surface area contributed by atoms with E-state index in [9.17, 15) is 0 Å². The average Bonchev–Trinajstić information content (AvgIpc) is 2.04. The van der Waals surface area contributed by atoms with Crippen molar-refractivity contribution in [1.29, 1.82) is 0 Å².